The summed E-state index contributed by atoms with van der Waals surface area (Å²) < 4.78 is 0.967. The van der Waals surface area contributed by atoms with Crippen LogP contribution in [0.2, 0.25) is 0 Å². The van der Waals surface area contributed by atoms with Gasteiger partial charge >= 0.3 is 0 Å². The van der Waals surface area contributed by atoms with E-state index in [1.165, 1.54) is 6.20 Å². The van der Waals surface area contributed by atoms with Crippen molar-refractivity contribution in [3.8, 4) is 0 Å². The average Bonchev–Trinajstić information content (AvgIpc) is 2.52. The Labute approximate surface area is 143 Å². The molecule has 5 nitrogen and oxygen atoms in total. The predicted molar refractivity (Wildman–Crippen MR) is 97.4 cm³/mol. The molecule has 1 amide bonds. The molecule has 2 rings (SSSR count). The van der Waals surface area contributed by atoms with Gasteiger partial charge in [0.1, 0.15) is 5.56 Å². The van der Waals surface area contributed by atoms with Gasteiger partial charge in [-0.25, -0.2) is 0 Å². The lowest BCUT2D eigenvalue weighted by molar-refractivity contribution is 0.0947. The van der Waals surface area contributed by atoms with Crippen LogP contribution in [0, 0.1) is 3.57 Å². The Morgan fingerprint density at radius 2 is 2.05 bits per heavy atom. The number of hydrogen-bond donors (Lipinski definition) is 2. The summed E-state index contributed by atoms with van der Waals surface area (Å²) in [6.07, 6.45) is 1.49. The molecule has 22 heavy (non-hydrogen) atoms. The van der Waals surface area contributed by atoms with E-state index in [9.17, 15) is 9.59 Å². The van der Waals surface area contributed by atoms with Crippen LogP contribution in [0.15, 0.2) is 29.2 Å². The fourth-order valence-electron chi connectivity index (χ4n) is 2.32. The number of nitrogens with one attached hydrogen (secondary N) is 2. The van der Waals surface area contributed by atoms with Crippen molar-refractivity contribution in [1.29, 1.82) is 0 Å². The highest BCUT2D eigenvalue weighted by Gasteiger charge is 2.13. The van der Waals surface area contributed by atoms with Crippen LogP contribution in [0.5, 0.6) is 0 Å². The number of likely N-dealkylation sites (N-methyl/N-ethyl adjacent to an activating group) is 1. The number of H-pyrrole nitrogens is 1. The van der Waals surface area contributed by atoms with Gasteiger partial charge in [0.15, 0.2) is 0 Å². The first-order chi connectivity index (χ1) is 10.6. The van der Waals surface area contributed by atoms with E-state index >= 15 is 0 Å². The maximum Gasteiger partial charge on any atom is 0.256 e. The van der Waals surface area contributed by atoms with Crippen molar-refractivity contribution in [3.05, 3.63) is 43.8 Å². The van der Waals surface area contributed by atoms with E-state index < -0.39 is 0 Å². The van der Waals surface area contributed by atoms with Gasteiger partial charge in [-0.2, -0.15) is 0 Å². The van der Waals surface area contributed by atoms with Crippen LogP contribution >= 0.6 is 22.6 Å². The Hall–Kier alpha value is -1.41. The Balaban J connectivity index is 2.15. The molecule has 0 bridgehead atoms. The standard InChI is InChI=1S/C16H20IN3O2/c1-3-20(4-2)8-7-18-16(22)13-10-19-14-6-5-11(17)9-12(14)15(13)21/h5-6,9-10H,3-4,7-8H2,1-2H3,(H,18,22)(H,19,21)/i17-2. The average molecular weight is 411 g/mol. The first-order valence-electron chi connectivity index (χ1n) is 7.38. The highest BCUT2D eigenvalue weighted by atomic mass is 125. The zero-order valence-corrected chi connectivity index (χ0v) is 14.9. The summed E-state index contributed by atoms with van der Waals surface area (Å²) >= 11 is 2.15. The topological polar surface area (TPSA) is 65.2 Å². The van der Waals surface area contributed by atoms with Gasteiger partial charge in [-0.05, 0) is 53.9 Å². The molecule has 1 heterocycles. The molecule has 2 N–H and O–H groups in total. The Kier molecular flexibility index (Phi) is 5.96. The second kappa shape index (κ2) is 7.73. The van der Waals surface area contributed by atoms with Gasteiger partial charge in [0.25, 0.3) is 5.91 Å². The zero-order valence-electron chi connectivity index (χ0n) is 12.8. The maximum absolute atomic E-state index is 12.4. The molecule has 2 aromatic rings. The molecule has 0 saturated heterocycles. The van der Waals surface area contributed by atoms with Crippen LogP contribution < -0.4 is 10.7 Å². The number of benzene rings is 1. The minimum Gasteiger partial charge on any atom is -0.360 e. The molecule has 0 aliphatic carbocycles. The molecule has 118 valence electrons. The first-order valence-corrected chi connectivity index (χ1v) is 8.46. The van der Waals surface area contributed by atoms with Gasteiger partial charge in [-0.1, -0.05) is 13.8 Å². The van der Waals surface area contributed by atoms with Crippen LogP contribution in [0.4, 0.5) is 0 Å². The SMILES string of the molecule is CCN(CC)CCNC(=O)c1c[nH]c2ccc([125I])cc2c1=O. The lowest BCUT2D eigenvalue weighted by Crippen LogP contribution is -2.36. The highest BCUT2D eigenvalue weighted by molar-refractivity contribution is 14.1. The second-order valence-electron chi connectivity index (χ2n) is 5.00. The van der Waals surface area contributed by atoms with Gasteiger partial charge < -0.3 is 15.2 Å². The summed E-state index contributed by atoms with van der Waals surface area (Å²) in [5.74, 6) is -0.325. The molecule has 0 atom stereocenters. The van der Waals surface area contributed by atoms with Crippen molar-refractivity contribution in [1.82, 2.24) is 15.2 Å². The van der Waals surface area contributed by atoms with E-state index in [4.69, 9.17) is 0 Å². The summed E-state index contributed by atoms with van der Waals surface area (Å²) in [5, 5.41) is 3.36. The number of nitrogens with zero attached hydrogens (tertiary/aromatic N) is 1. The molecule has 0 saturated carbocycles. The van der Waals surface area contributed by atoms with Crippen molar-refractivity contribution < 1.29 is 4.79 Å². The number of halogens is 1. The normalized spacial score (nSPS) is 11.1. The lowest BCUT2D eigenvalue weighted by Gasteiger charge is -2.17. The van der Waals surface area contributed by atoms with Crippen LogP contribution in [-0.4, -0.2) is 42.0 Å². The molecule has 1 aromatic heterocycles. The molecule has 0 fully saturated rings. The maximum atomic E-state index is 12.4. The summed E-state index contributed by atoms with van der Waals surface area (Å²) in [4.78, 5) is 29.9. The van der Waals surface area contributed by atoms with E-state index in [0.717, 1.165) is 28.7 Å². The molecule has 0 aliphatic rings. The zero-order chi connectivity index (χ0) is 16.1. The van der Waals surface area contributed by atoms with Crippen molar-refractivity contribution in [2.45, 2.75) is 13.8 Å². The molecule has 0 spiro atoms. The van der Waals surface area contributed by atoms with Crippen LogP contribution in [0.1, 0.15) is 24.2 Å². The smallest absolute Gasteiger partial charge is 0.256 e. The Morgan fingerprint density at radius 1 is 1.32 bits per heavy atom. The summed E-state index contributed by atoms with van der Waals surface area (Å²) in [7, 11) is 0. The minimum absolute atomic E-state index is 0.161. The second-order valence-corrected chi connectivity index (χ2v) is 6.25. The monoisotopic (exact) mass is 411 g/mol. The number of aromatic amines is 1. The summed E-state index contributed by atoms with van der Waals surface area (Å²) in [6.45, 7) is 7.37. The van der Waals surface area contributed by atoms with Crippen molar-refractivity contribution in [2.75, 3.05) is 26.2 Å². The third-order valence-corrected chi connectivity index (χ3v) is 4.37. The first kappa shape index (κ1) is 17.0. The number of hydrogen-bond acceptors (Lipinski definition) is 3. The highest BCUT2D eigenvalue weighted by Crippen LogP contribution is 2.12. The number of amides is 1. The molecule has 0 unspecified atom stereocenters. The van der Waals surface area contributed by atoms with E-state index in [0.29, 0.717) is 11.9 Å². The predicted octanol–water partition coefficient (Wildman–Crippen LogP) is 2.20. The molecule has 1 aromatic carbocycles. The molecular formula is C16H20IN3O2. The number of pyridine rings is 1. The van der Waals surface area contributed by atoms with Crippen molar-refractivity contribution in [2.24, 2.45) is 0 Å². The van der Waals surface area contributed by atoms with Crippen LogP contribution in [0.3, 0.4) is 0 Å². The largest absolute Gasteiger partial charge is 0.360 e. The molecule has 6 heteroatoms. The minimum atomic E-state index is -0.325. The van der Waals surface area contributed by atoms with E-state index in [1.54, 1.807) is 6.07 Å². The fraction of sp³-hybridized carbons (Fsp3) is 0.375. The number of fused-ring (bicyclic) bond motifs is 1. The Bertz CT molecular complexity index is 723. The Morgan fingerprint density at radius 3 is 2.73 bits per heavy atom. The van der Waals surface area contributed by atoms with E-state index in [1.807, 2.05) is 12.1 Å². The van der Waals surface area contributed by atoms with Gasteiger partial charge in [-0.15, -0.1) is 0 Å². The van der Waals surface area contributed by atoms with Crippen LogP contribution in [0.25, 0.3) is 10.9 Å². The van der Waals surface area contributed by atoms with Crippen molar-refractivity contribution in [3.63, 3.8) is 0 Å². The number of rotatable bonds is 6. The van der Waals surface area contributed by atoms with Crippen molar-refractivity contribution >= 4 is 39.4 Å². The number of carbonyl (C=O) groups is 1. The quantitative estimate of drug-likeness (QED) is 0.717. The van der Waals surface area contributed by atoms with Gasteiger partial charge in [0.05, 0.1) is 0 Å². The van der Waals surface area contributed by atoms with E-state index in [-0.39, 0.29) is 16.9 Å². The van der Waals surface area contributed by atoms with Gasteiger partial charge in [-0.3, -0.25) is 9.59 Å². The summed E-state index contributed by atoms with van der Waals surface area (Å²) in [6, 6.07) is 5.56. The molecular weight excluding hydrogens is 391 g/mol. The molecule has 0 aliphatic heterocycles. The lowest BCUT2D eigenvalue weighted by atomic mass is 10.1. The summed E-state index contributed by atoms with van der Waals surface area (Å²) in [5.41, 5.74) is 0.673. The number of aromatic nitrogens is 1. The third-order valence-electron chi connectivity index (χ3n) is 3.70. The molecule has 0 radical (unpaired) electrons. The van der Waals surface area contributed by atoms with Gasteiger partial charge in [0.2, 0.25) is 5.43 Å². The number of carbonyl (C=O) groups excluding carboxylic acids is 1. The van der Waals surface area contributed by atoms with Crippen LogP contribution in [-0.2, 0) is 0 Å². The third kappa shape index (κ3) is 3.86. The van der Waals surface area contributed by atoms with E-state index in [2.05, 4.69) is 51.6 Å². The fourth-order valence-corrected chi connectivity index (χ4v) is 2.81. The van der Waals surface area contributed by atoms with Gasteiger partial charge in [0, 0.05) is 33.8 Å².